The Balaban J connectivity index is 1.42. The maximum absolute atomic E-state index is 7.27. The van der Waals surface area contributed by atoms with E-state index in [9.17, 15) is 0 Å². The first-order chi connectivity index (χ1) is 21.1. The van der Waals surface area contributed by atoms with Crippen LogP contribution in [-0.4, -0.2) is 34.0 Å². The molecular weight excluding hydrogens is 534 g/mol. The lowest BCUT2D eigenvalue weighted by Crippen LogP contribution is -2.26. The van der Waals surface area contributed by atoms with E-state index in [0.29, 0.717) is 6.54 Å². The summed E-state index contributed by atoms with van der Waals surface area (Å²) < 4.78 is 13.4. The fourth-order valence-electron chi connectivity index (χ4n) is 5.89. The van der Waals surface area contributed by atoms with E-state index < -0.39 is 6.04 Å². The number of hydrogen-bond donors (Lipinski definition) is 2. The Hall–Kier alpha value is -4.88. The van der Waals surface area contributed by atoms with Gasteiger partial charge in [0.05, 0.1) is 26.8 Å². The maximum Gasteiger partial charge on any atom is 0.150 e. The number of H-pyrrole nitrogens is 1. The van der Waals surface area contributed by atoms with E-state index in [1.807, 2.05) is 36.4 Å². The fraction of sp³-hybridized carbons (Fsp3) is 0.222. The lowest BCUT2D eigenvalue weighted by Gasteiger charge is -2.25. The topological polar surface area (TPSA) is 91.0 Å². The highest BCUT2D eigenvalue weighted by atomic mass is 16.5. The Labute approximate surface area is 252 Å². The molecule has 6 rings (SSSR count). The quantitative estimate of drug-likeness (QED) is 0.172. The second-order valence-electron chi connectivity index (χ2n) is 10.8. The Kier molecular flexibility index (Phi) is 8.52. The predicted octanol–water partition coefficient (Wildman–Crippen LogP) is 6.64. The van der Waals surface area contributed by atoms with Crippen molar-refractivity contribution in [2.75, 3.05) is 14.2 Å². The molecule has 2 unspecified atom stereocenters. The average Bonchev–Trinajstić information content (AvgIpc) is 3.67. The minimum Gasteiger partial charge on any atom is -0.497 e. The normalized spacial score (nSPS) is 12.7. The second-order valence-corrected chi connectivity index (χ2v) is 10.8. The number of rotatable bonds is 12. The molecule has 6 aromatic rings. The molecule has 0 aliphatic heterocycles. The second kappa shape index (κ2) is 13.0. The van der Waals surface area contributed by atoms with Crippen molar-refractivity contribution in [2.24, 2.45) is 5.73 Å². The molecule has 4 aromatic carbocycles. The van der Waals surface area contributed by atoms with Crippen molar-refractivity contribution in [3.63, 3.8) is 0 Å². The number of nitrogens with zero attached hydrogens (tertiary/aromatic N) is 3. The monoisotopic (exact) mass is 571 g/mol. The van der Waals surface area contributed by atoms with Gasteiger partial charge in [0.2, 0.25) is 0 Å². The molecule has 3 N–H and O–H groups in total. The van der Waals surface area contributed by atoms with Gasteiger partial charge < -0.3 is 24.8 Å². The van der Waals surface area contributed by atoms with E-state index in [-0.39, 0.29) is 5.92 Å². The molecule has 0 saturated carbocycles. The molecule has 7 heteroatoms. The summed E-state index contributed by atoms with van der Waals surface area (Å²) in [5.74, 6) is 3.10. The summed E-state index contributed by atoms with van der Waals surface area (Å²) in [6.07, 6.45) is 4.45. The molecule has 0 amide bonds. The van der Waals surface area contributed by atoms with Gasteiger partial charge in [-0.1, -0.05) is 78.9 Å². The van der Waals surface area contributed by atoms with Gasteiger partial charge >= 0.3 is 0 Å². The van der Waals surface area contributed by atoms with Crippen LogP contribution in [0.1, 0.15) is 45.9 Å². The Morgan fingerprint density at radius 1 is 0.791 bits per heavy atom. The molecule has 0 aliphatic carbocycles. The fourth-order valence-corrected chi connectivity index (χ4v) is 5.89. The molecule has 2 heterocycles. The number of aryl methyl sites for hydroxylation is 2. The number of fused-ring (bicyclic) bond motifs is 1. The van der Waals surface area contributed by atoms with E-state index >= 15 is 0 Å². The molecule has 0 aliphatic rings. The van der Waals surface area contributed by atoms with E-state index in [1.165, 1.54) is 22.1 Å². The Bertz CT molecular complexity index is 1780. The molecule has 0 radical (unpaired) electrons. The van der Waals surface area contributed by atoms with Crippen molar-refractivity contribution in [2.45, 2.75) is 37.8 Å². The molecular formula is C36H37N5O2. The van der Waals surface area contributed by atoms with Gasteiger partial charge in [-0.15, -0.1) is 10.2 Å². The van der Waals surface area contributed by atoms with Crippen LogP contribution in [0.15, 0.2) is 109 Å². The van der Waals surface area contributed by atoms with Crippen molar-refractivity contribution in [1.29, 1.82) is 0 Å². The molecule has 218 valence electrons. The SMILES string of the molecule is COc1ccc(Cn2c(CCc3ccccc3)nnc2C(N)C(Cc2ccccc2)c2c[nH]c3ccccc23)c(OC)c1. The lowest BCUT2D eigenvalue weighted by atomic mass is 9.85. The highest BCUT2D eigenvalue weighted by molar-refractivity contribution is 5.83. The van der Waals surface area contributed by atoms with Gasteiger partial charge in [-0.25, -0.2) is 0 Å². The zero-order valence-corrected chi connectivity index (χ0v) is 24.6. The van der Waals surface area contributed by atoms with Gasteiger partial charge in [-0.2, -0.15) is 0 Å². The van der Waals surface area contributed by atoms with Gasteiger partial charge in [-0.3, -0.25) is 0 Å². The third-order valence-corrected chi connectivity index (χ3v) is 8.21. The van der Waals surface area contributed by atoms with Gasteiger partial charge in [0.25, 0.3) is 0 Å². The third-order valence-electron chi connectivity index (χ3n) is 8.21. The minimum atomic E-state index is -0.415. The van der Waals surface area contributed by atoms with Crippen molar-refractivity contribution in [3.8, 4) is 11.5 Å². The molecule has 0 bridgehead atoms. The number of nitrogens with one attached hydrogen (secondary N) is 1. The van der Waals surface area contributed by atoms with Gasteiger partial charge in [0.1, 0.15) is 17.3 Å². The smallest absolute Gasteiger partial charge is 0.150 e. The summed E-state index contributed by atoms with van der Waals surface area (Å²) in [6.45, 7) is 0.527. The number of para-hydroxylation sites is 1. The molecule has 2 atom stereocenters. The van der Waals surface area contributed by atoms with Crippen LogP contribution in [0.4, 0.5) is 0 Å². The van der Waals surface area contributed by atoms with E-state index in [1.54, 1.807) is 14.2 Å². The summed E-state index contributed by atoms with van der Waals surface area (Å²) in [5, 5.41) is 10.7. The molecule has 0 saturated heterocycles. The summed E-state index contributed by atoms with van der Waals surface area (Å²) in [4.78, 5) is 3.46. The van der Waals surface area contributed by atoms with Crippen LogP contribution < -0.4 is 15.2 Å². The predicted molar refractivity (Wildman–Crippen MR) is 171 cm³/mol. The Morgan fingerprint density at radius 3 is 2.26 bits per heavy atom. The molecule has 7 nitrogen and oxygen atoms in total. The average molecular weight is 572 g/mol. The van der Waals surface area contributed by atoms with Crippen molar-refractivity contribution < 1.29 is 9.47 Å². The number of aromatic amines is 1. The Morgan fingerprint density at radius 2 is 1.51 bits per heavy atom. The number of benzene rings is 4. The van der Waals surface area contributed by atoms with Crippen molar-refractivity contribution in [1.82, 2.24) is 19.7 Å². The first-order valence-electron chi connectivity index (χ1n) is 14.7. The van der Waals surface area contributed by atoms with E-state index in [4.69, 9.17) is 25.4 Å². The van der Waals surface area contributed by atoms with Gasteiger partial charge in [0.15, 0.2) is 5.82 Å². The third kappa shape index (κ3) is 6.17. The minimum absolute atomic E-state index is 0.0405. The number of hydrogen-bond acceptors (Lipinski definition) is 5. The van der Waals surface area contributed by atoms with Gasteiger partial charge in [0, 0.05) is 41.1 Å². The standard InChI is InChI=1S/C36H37N5O2/c1-42-28-19-18-27(33(22-28)43-2)24-41-34(20-17-25-11-5-3-6-12-25)39-40-36(41)35(37)30(21-26-13-7-4-8-14-26)31-23-38-32-16-10-9-15-29(31)32/h3-16,18-19,22-23,30,35,38H,17,20-21,24,37H2,1-2H3. The van der Waals surface area contributed by atoms with Crippen LogP contribution in [-0.2, 0) is 25.8 Å². The zero-order chi connectivity index (χ0) is 29.6. The van der Waals surface area contributed by atoms with E-state index in [0.717, 1.165) is 53.5 Å². The number of ether oxygens (including phenoxy) is 2. The largest absolute Gasteiger partial charge is 0.497 e. The van der Waals surface area contributed by atoms with Crippen LogP contribution >= 0.6 is 0 Å². The molecule has 0 fully saturated rings. The maximum atomic E-state index is 7.27. The first-order valence-corrected chi connectivity index (χ1v) is 14.7. The van der Waals surface area contributed by atoms with Crippen LogP contribution in [0.5, 0.6) is 11.5 Å². The van der Waals surface area contributed by atoms with Crippen LogP contribution in [0, 0.1) is 0 Å². The van der Waals surface area contributed by atoms with Crippen molar-refractivity contribution >= 4 is 10.9 Å². The first kappa shape index (κ1) is 28.2. The van der Waals surface area contributed by atoms with Gasteiger partial charge in [-0.05, 0) is 47.7 Å². The summed E-state index contributed by atoms with van der Waals surface area (Å²) in [7, 11) is 3.34. The van der Waals surface area contributed by atoms with Crippen LogP contribution in [0.3, 0.4) is 0 Å². The molecule has 0 spiro atoms. The van der Waals surface area contributed by atoms with Crippen LogP contribution in [0.2, 0.25) is 0 Å². The highest BCUT2D eigenvalue weighted by Gasteiger charge is 2.30. The number of aromatic nitrogens is 4. The summed E-state index contributed by atoms with van der Waals surface area (Å²) in [6, 6.07) is 34.8. The number of nitrogens with two attached hydrogens (primary N) is 1. The highest BCUT2D eigenvalue weighted by Crippen LogP contribution is 2.37. The zero-order valence-electron chi connectivity index (χ0n) is 24.6. The summed E-state index contributed by atoms with van der Waals surface area (Å²) >= 11 is 0. The molecule has 2 aromatic heterocycles. The number of methoxy groups -OCH3 is 2. The molecule has 43 heavy (non-hydrogen) atoms. The lowest BCUT2D eigenvalue weighted by molar-refractivity contribution is 0.389. The van der Waals surface area contributed by atoms with E-state index in [2.05, 4.69) is 82.5 Å². The van der Waals surface area contributed by atoms with Crippen molar-refractivity contribution in [3.05, 3.63) is 143 Å². The summed E-state index contributed by atoms with van der Waals surface area (Å²) in [5.41, 5.74) is 13.0. The van der Waals surface area contributed by atoms with Crippen LogP contribution in [0.25, 0.3) is 10.9 Å².